The van der Waals surface area contributed by atoms with Crippen molar-refractivity contribution in [1.29, 1.82) is 0 Å². The number of rotatable bonds is 2. The van der Waals surface area contributed by atoms with E-state index in [1.165, 1.54) is 27.1 Å². The molecule has 78 valence electrons. The molecule has 0 bridgehead atoms. The third-order valence-corrected chi connectivity index (χ3v) is 3.42. The summed E-state index contributed by atoms with van der Waals surface area (Å²) in [5.41, 5.74) is 10.8. The average Bonchev–Trinajstić information content (AvgIpc) is 2.64. The monoisotopic (exact) mass is 217 g/mol. The predicted molar refractivity (Wildman–Crippen MR) is 67.1 cm³/mol. The molecule has 15 heavy (non-hydrogen) atoms. The quantitative estimate of drug-likeness (QED) is 0.818. The molecule has 0 aliphatic carbocycles. The van der Waals surface area contributed by atoms with Crippen LogP contribution in [0.5, 0.6) is 0 Å². The summed E-state index contributed by atoms with van der Waals surface area (Å²) in [6.45, 7) is 4.89. The first-order chi connectivity index (χ1) is 7.19. The van der Waals surface area contributed by atoms with Gasteiger partial charge in [-0.2, -0.15) is 0 Å². The van der Waals surface area contributed by atoms with Gasteiger partial charge in [-0.1, -0.05) is 29.3 Å². The molecule has 0 radical (unpaired) electrons. The molecule has 0 saturated carbocycles. The Morgan fingerprint density at radius 1 is 1.07 bits per heavy atom. The molecule has 0 aliphatic rings. The van der Waals surface area contributed by atoms with E-state index >= 15 is 0 Å². The van der Waals surface area contributed by atoms with E-state index in [-0.39, 0.29) is 0 Å². The maximum Gasteiger partial charge on any atom is 0.0346 e. The van der Waals surface area contributed by atoms with Gasteiger partial charge in [-0.15, -0.1) is 11.3 Å². The maximum absolute atomic E-state index is 5.61. The van der Waals surface area contributed by atoms with E-state index in [0.717, 1.165) is 0 Å². The Morgan fingerprint density at radius 2 is 1.73 bits per heavy atom. The van der Waals surface area contributed by atoms with Gasteiger partial charge in [-0.05, 0) is 36.4 Å². The molecule has 0 amide bonds. The van der Waals surface area contributed by atoms with Crippen LogP contribution < -0.4 is 5.73 Å². The van der Waals surface area contributed by atoms with Crippen molar-refractivity contribution in [1.82, 2.24) is 0 Å². The molecule has 0 unspecified atom stereocenters. The van der Waals surface area contributed by atoms with E-state index in [0.29, 0.717) is 6.54 Å². The van der Waals surface area contributed by atoms with Crippen molar-refractivity contribution in [2.45, 2.75) is 20.4 Å². The molecule has 0 saturated heterocycles. The second-order valence-corrected chi connectivity index (χ2v) is 4.81. The third kappa shape index (κ3) is 2.28. The van der Waals surface area contributed by atoms with Crippen molar-refractivity contribution in [2.24, 2.45) is 5.73 Å². The fourth-order valence-electron chi connectivity index (χ4n) is 1.75. The molecular weight excluding hydrogens is 202 g/mol. The van der Waals surface area contributed by atoms with Crippen molar-refractivity contribution in [3.8, 4) is 10.4 Å². The van der Waals surface area contributed by atoms with Gasteiger partial charge in [0.1, 0.15) is 0 Å². The fraction of sp³-hybridized carbons (Fsp3) is 0.231. The average molecular weight is 217 g/mol. The Kier molecular flexibility index (Phi) is 2.89. The first kappa shape index (κ1) is 10.4. The Balaban J connectivity index is 2.44. The molecular formula is C13H15NS. The summed E-state index contributed by atoms with van der Waals surface area (Å²) < 4.78 is 0. The zero-order valence-electron chi connectivity index (χ0n) is 9.08. The highest BCUT2D eigenvalue weighted by Crippen LogP contribution is 2.28. The predicted octanol–water partition coefficient (Wildman–Crippen LogP) is 3.49. The van der Waals surface area contributed by atoms with Gasteiger partial charge in [0, 0.05) is 11.4 Å². The van der Waals surface area contributed by atoms with E-state index < -0.39 is 0 Å². The number of nitrogens with two attached hydrogens (primary N) is 1. The summed E-state index contributed by atoms with van der Waals surface area (Å²) in [7, 11) is 0. The Bertz CT molecular complexity index is 451. The SMILES string of the molecule is Cc1cc(C)cc(-c2cc(CN)cs2)c1. The van der Waals surface area contributed by atoms with Gasteiger partial charge in [0.15, 0.2) is 0 Å². The van der Waals surface area contributed by atoms with E-state index in [2.05, 4.69) is 43.5 Å². The van der Waals surface area contributed by atoms with E-state index in [1.54, 1.807) is 11.3 Å². The lowest BCUT2D eigenvalue weighted by Crippen LogP contribution is -1.92. The largest absolute Gasteiger partial charge is 0.326 e. The van der Waals surface area contributed by atoms with Crippen LogP contribution in [0.15, 0.2) is 29.6 Å². The lowest BCUT2D eigenvalue weighted by Gasteiger charge is -2.02. The Labute approximate surface area is 94.6 Å². The number of benzene rings is 1. The number of thiophene rings is 1. The smallest absolute Gasteiger partial charge is 0.0346 e. The molecule has 2 aromatic rings. The first-order valence-electron chi connectivity index (χ1n) is 5.05. The molecule has 2 rings (SSSR count). The van der Waals surface area contributed by atoms with Crippen LogP contribution in [0.4, 0.5) is 0 Å². The van der Waals surface area contributed by atoms with Crippen LogP contribution in [-0.4, -0.2) is 0 Å². The van der Waals surface area contributed by atoms with Crippen LogP contribution in [0.25, 0.3) is 10.4 Å². The highest BCUT2D eigenvalue weighted by Gasteiger charge is 2.02. The van der Waals surface area contributed by atoms with Gasteiger partial charge in [0.25, 0.3) is 0 Å². The van der Waals surface area contributed by atoms with E-state index in [4.69, 9.17) is 5.73 Å². The number of hydrogen-bond acceptors (Lipinski definition) is 2. The molecule has 1 aromatic heterocycles. The highest BCUT2D eigenvalue weighted by molar-refractivity contribution is 7.13. The fourth-order valence-corrected chi connectivity index (χ4v) is 2.67. The number of aryl methyl sites for hydroxylation is 2. The summed E-state index contributed by atoms with van der Waals surface area (Å²) in [5.74, 6) is 0. The van der Waals surface area contributed by atoms with Gasteiger partial charge in [0.2, 0.25) is 0 Å². The second-order valence-electron chi connectivity index (χ2n) is 3.90. The highest BCUT2D eigenvalue weighted by atomic mass is 32.1. The summed E-state index contributed by atoms with van der Waals surface area (Å²) in [4.78, 5) is 1.31. The second kappa shape index (κ2) is 4.17. The molecule has 2 heteroatoms. The topological polar surface area (TPSA) is 26.0 Å². The molecule has 1 aromatic carbocycles. The minimum absolute atomic E-state index is 0.626. The third-order valence-electron chi connectivity index (χ3n) is 2.40. The van der Waals surface area contributed by atoms with Crippen LogP contribution in [0.3, 0.4) is 0 Å². The molecule has 2 N–H and O–H groups in total. The number of hydrogen-bond donors (Lipinski definition) is 1. The zero-order chi connectivity index (χ0) is 10.8. The molecule has 0 spiro atoms. The molecule has 1 nitrogen and oxygen atoms in total. The molecule has 0 aliphatic heterocycles. The van der Waals surface area contributed by atoms with Crippen LogP contribution in [-0.2, 0) is 6.54 Å². The van der Waals surface area contributed by atoms with Crippen LogP contribution in [0.2, 0.25) is 0 Å². The van der Waals surface area contributed by atoms with Gasteiger partial charge in [0.05, 0.1) is 0 Å². The zero-order valence-corrected chi connectivity index (χ0v) is 9.90. The molecule has 0 atom stereocenters. The maximum atomic E-state index is 5.61. The van der Waals surface area contributed by atoms with Crippen molar-refractivity contribution < 1.29 is 0 Å². The van der Waals surface area contributed by atoms with Gasteiger partial charge in [-0.3, -0.25) is 0 Å². The lowest BCUT2D eigenvalue weighted by atomic mass is 10.1. The summed E-state index contributed by atoms with van der Waals surface area (Å²) in [5, 5.41) is 2.13. The van der Waals surface area contributed by atoms with Gasteiger partial charge in [-0.25, -0.2) is 0 Å². The summed E-state index contributed by atoms with van der Waals surface area (Å²) >= 11 is 1.76. The Hall–Kier alpha value is -1.12. The van der Waals surface area contributed by atoms with Crippen molar-refractivity contribution in [3.05, 3.63) is 46.3 Å². The van der Waals surface area contributed by atoms with Crippen molar-refractivity contribution >= 4 is 11.3 Å². The van der Waals surface area contributed by atoms with Crippen LogP contribution >= 0.6 is 11.3 Å². The summed E-state index contributed by atoms with van der Waals surface area (Å²) in [6.07, 6.45) is 0. The first-order valence-corrected chi connectivity index (χ1v) is 5.93. The van der Waals surface area contributed by atoms with Crippen molar-refractivity contribution in [2.75, 3.05) is 0 Å². The molecule has 0 fully saturated rings. The van der Waals surface area contributed by atoms with Gasteiger partial charge >= 0.3 is 0 Å². The lowest BCUT2D eigenvalue weighted by molar-refractivity contribution is 1.08. The van der Waals surface area contributed by atoms with Gasteiger partial charge < -0.3 is 5.73 Å². The molecule has 1 heterocycles. The van der Waals surface area contributed by atoms with Crippen LogP contribution in [0.1, 0.15) is 16.7 Å². The standard InChI is InChI=1S/C13H15NS/c1-9-3-10(2)5-12(4-9)13-6-11(7-14)8-15-13/h3-6,8H,7,14H2,1-2H3. The van der Waals surface area contributed by atoms with Crippen molar-refractivity contribution in [3.63, 3.8) is 0 Å². The van der Waals surface area contributed by atoms with E-state index in [1.807, 2.05) is 0 Å². The minimum Gasteiger partial charge on any atom is -0.326 e. The minimum atomic E-state index is 0.626. The normalized spacial score (nSPS) is 10.6. The van der Waals surface area contributed by atoms with E-state index in [9.17, 15) is 0 Å². The van der Waals surface area contributed by atoms with Crippen LogP contribution in [0, 0.1) is 13.8 Å². The Morgan fingerprint density at radius 3 is 2.27 bits per heavy atom. The summed E-state index contributed by atoms with van der Waals surface area (Å²) in [6, 6.07) is 8.82.